The molecule has 1 aromatic rings. The first-order chi connectivity index (χ1) is 9.43. The van der Waals surface area contributed by atoms with E-state index in [2.05, 4.69) is 6.58 Å². The molecule has 0 bridgehead atoms. The van der Waals surface area contributed by atoms with Gasteiger partial charge in [-0.25, -0.2) is 0 Å². The van der Waals surface area contributed by atoms with Gasteiger partial charge in [0.05, 0.1) is 6.10 Å². The molecule has 1 atom stereocenters. The molecule has 0 aliphatic carbocycles. The van der Waals surface area contributed by atoms with Crippen molar-refractivity contribution in [1.82, 2.24) is 4.90 Å². The van der Waals surface area contributed by atoms with E-state index in [-0.39, 0.29) is 12.5 Å². The Kier molecular flexibility index (Phi) is 6.25. The van der Waals surface area contributed by atoms with E-state index >= 15 is 0 Å². The highest BCUT2D eigenvalue weighted by Crippen LogP contribution is 2.18. The maximum Gasteiger partial charge on any atom is 0.260 e. The minimum absolute atomic E-state index is 0.00954. The lowest BCUT2D eigenvalue weighted by molar-refractivity contribution is -0.132. The van der Waals surface area contributed by atoms with E-state index in [4.69, 9.17) is 4.74 Å². The number of carbonyl (C=O) groups excluding carboxylic acids is 1. The van der Waals surface area contributed by atoms with Gasteiger partial charge in [-0.3, -0.25) is 4.79 Å². The molecule has 0 saturated heterocycles. The summed E-state index contributed by atoms with van der Waals surface area (Å²) in [6, 6.07) is 7.13. The number of aliphatic hydroxyl groups is 1. The number of aliphatic hydroxyl groups excluding tert-OH is 1. The molecule has 110 valence electrons. The van der Waals surface area contributed by atoms with Gasteiger partial charge in [0.15, 0.2) is 6.61 Å². The fourth-order valence-electron chi connectivity index (χ4n) is 1.80. The number of likely N-dealkylation sites (N-methyl/N-ethyl adjacent to an activating group) is 1. The SMILES string of the molecule is C=C(C)CN(CC)C(=O)COc1cccc(C(C)O)c1. The summed E-state index contributed by atoms with van der Waals surface area (Å²) in [5.41, 5.74) is 1.71. The number of carbonyl (C=O) groups is 1. The molecular formula is C16H23NO3. The summed E-state index contributed by atoms with van der Waals surface area (Å²) in [6.45, 7) is 10.5. The van der Waals surface area contributed by atoms with E-state index in [0.29, 0.717) is 18.8 Å². The summed E-state index contributed by atoms with van der Waals surface area (Å²) in [7, 11) is 0. The minimum Gasteiger partial charge on any atom is -0.484 e. The number of ether oxygens (including phenoxy) is 1. The van der Waals surface area contributed by atoms with E-state index in [0.717, 1.165) is 11.1 Å². The predicted molar refractivity (Wildman–Crippen MR) is 79.6 cm³/mol. The predicted octanol–water partition coefficient (Wildman–Crippen LogP) is 2.54. The van der Waals surface area contributed by atoms with Crippen LogP contribution in [-0.2, 0) is 4.79 Å². The molecule has 0 aliphatic heterocycles. The monoisotopic (exact) mass is 277 g/mol. The van der Waals surface area contributed by atoms with Crippen LogP contribution in [0.4, 0.5) is 0 Å². The fourth-order valence-corrected chi connectivity index (χ4v) is 1.80. The molecule has 4 heteroatoms. The van der Waals surface area contributed by atoms with Crippen molar-refractivity contribution >= 4 is 5.91 Å². The van der Waals surface area contributed by atoms with E-state index in [9.17, 15) is 9.90 Å². The Morgan fingerprint density at radius 2 is 2.20 bits per heavy atom. The summed E-state index contributed by atoms with van der Waals surface area (Å²) >= 11 is 0. The number of benzene rings is 1. The molecular weight excluding hydrogens is 254 g/mol. The largest absolute Gasteiger partial charge is 0.484 e. The molecule has 0 saturated carbocycles. The third-order valence-corrected chi connectivity index (χ3v) is 2.90. The lowest BCUT2D eigenvalue weighted by atomic mass is 10.1. The van der Waals surface area contributed by atoms with Crippen molar-refractivity contribution < 1.29 is 14.6 Å². The van der Waals surface area contributed by atoms with Gasteiger partial charge in [-0.2, -0.15) is 0 Å². The zero-order chi connectivity index (χ0) is 15.1. The summed E-state index contributed by atoms with van der Waals surface area (Å²) < 4.78 is 5.49. The van der Waals surface area contributed by atoms with Crippen molar-refractivity contribution in [3.63, 3.8) is 0 Å². The first-order valence-electron chi connectivity index (χ1n) is 6.77. The topological polar surface area (TPSA) is 49.8 Å². The van der Waals surface area contributed by atoms with Gasteiger partial charge in [0, 0.05) is 13.1 Å². The molecule has 0 fully saturated rings. The second kappa shape index (κ2) is 7.70. The van der Waals surface area contributed by atoms with Gasteiger partial charge in [0.25, 0.3) is 5.91 Å². The molecule has 0 aromatic heterocycles. The summed E-state index contributed by atoms with van der Waals surface area (Å²) in [6.07, 6.45) is -0.551. The molecule has 1 unspecified atom stereocenters. The smallest absolute Gasteiger partial charge is 0.260 e. The number of hydrogen-bond donors (Lipinski definition) is 1. The maximum absolute atomic E-state index is 12.0. The lowest BCUT2D eigenvalue weighted by Gasteiger charge is -2.21. The van der Waals surface area contributed by atoms with Crippen LogP contribution < -0.4 is 4.74 Å². The fraction of sp³-hybridized carbons (Fsp3) is 0.438. The zero-order valence-electron chi connectivity index (χ0n) is 12.4. The lowest BCUT2D eigenvalue weighted by Crippen LogP contribution is -2.35. The quantitative estimate of drug-likeness (QED) is 0.779. The van der Waals surface area contributed by atoms with Crippen molar-refractivity contribution in [2.45, 2.75) is 26.9 Å². The molecule has 0 aliphatic rings. The Morgan fingerprint density at radius 3 is 2.75 bits per heavy atom. The van der Waals surface area contributed by atoms with E-state index in [1.54, 1.807) is 30.0 Å². The number of rotatable bonds is 7. The average molecular weight is 277 g/mol. The van der Waals surface area contributed by atoms with Crippen LogP contribution in [0.15, 0.2) is 36.4 Å². The Morgan fingerprint density at radius 1 is 1.50 bits per heavy atom. The summed E-state index contributed by atoms with van der Waals surface area (Å²) in [4.78, 5) is 13.7. The normalized spacial score (nSPS) is 11.8. The molecule has 0 radical (unpaired) electrons. The molecule has 1 aromatic carbocycles. The van der Waals surface area contributed by atoms with E-state index < -0.39 is 6.10 Å². The molecule has 0 spiro atoms. The van der Waals surface area contributed by atoms with Crippen LogP contribution in [0.3, 0.4) is 0 Å². The third-order valence-electron chi connectivity index (χ3n) is 2.90. The maximum atomic E-state index is 12.0. The highest BCUT2D eigenvalue weighted by atomic mass is 16.5. The van der Waals surface area contributed by atoms with Crippen molar-refractivity contribution in [3.05, 3.63) is 42.0 Å². The van der Waals surface area contributed by atoms with Gasteiger partial charge in [0.1, 0.15) is 5.75 Å². The first kappa shape index (κ1) is 16.2. The first-order valence-corrected chi connectivity index (χ1v) is 6.77. The van der Waals surface area contributed by atoms with Crippen molar-refractivity contribution in [2.24, 2.45) is 0 Å². The molecule has 20 heavy (non-hydrogen) atoms. The molecule has 0 heterocycles. The van der Waals surface area contributed by atoms with Gasteiger partial charge in [0.2, 0.25) is 0 Å². The van der Waals surface area contributed by atoms with Gasteiger partial charge in [-0.1, -0.05) is 24.3 Å². The van der Waals surface area contributed by atoms with Crippen molar-refractivity contribution in [1.29, 1.82) is 0 Å². The standard InChI is InChI=1S/C16H23NO3/c1-5-17(10-12(2)3)16(19)11-20-15-8-6-7-14(9-15)13(4)18/h6-9,13,18H,2,5,10-11H2,1,3-4H3. The average Bonchev–Trinajstić information content (AvgIpc) is 2.42. The molecule has 1 amide bonds. The number of hydrogen-bond acceptors (Lipinski definition) is 3. The molecule has 4 nitrogen and oxygen atoms in total. The van der Waals surface area contributed by atoms with Crippen LogP contribution >= 0.6 is 0 Å². The minimum atomic E-state index is -0.551. The van der Waals surface area contributed by atoms with Gasteiger partial charge in [-0.05, 0) is 38.5 Å². The summed E-state index contributed by atoms with van der Waals surface area (Å²) in [5, 5.41) is 9.51. The van der Waals surface area contributed by atoms with Crippen LogP contribution in [0.25, 0.3) is 0 Å². The molecule has 1 N–H and O–H groups in total. The van der Waals surface area contributed by atoms with Gasteiger partial charge in [-0.15, -0.1) is 0 Å². The zero-order valence-corrected chi connectivity index (χ0v) is 12.4. The van der Waals surface area contributed by atoms with Gasteiger partial charge >= 0.3 is 0 Å². The van der Waals surface area contributed by atoms with Crippen LogP contribution in [0.2, 0.25) is 0 Å². The van der Waals surface area contributed by atoms with E-state index in [1.807, 2.05) is 19.9 Å². The Bertz CT molecular complexity index is 469. The van der Waals surface area contributed by atoms with Gasteiger partial charge < -0.3 is 14.7 Å². The Labute approximate surface area is 120 Å². The number of nitrogens with zero attached hydrogens (tertiary/aromatic N) is 1. The van der Waals surface area contributed by atoms with Crippen LogP contribution in [-0.4, -0.2) is 35.6 Å². The highest BCUT2D eigenvalue weighted by molar-refractivity contribution is 5.78. The molecule has 1 rings (SSSR count). The van der Waals surface area contributed by atoms with Crippen LogP contribution in [0.1, 0.15) is 32.4 Å². The second-order valence-corrected chi connectivity index (χ2v) is 4.90. The van der Waals surface area contributed by atoms with Crippen LogP contribution in [0, 0.1) is 0 Å². The van der Waals surface area contributed by atoms with Crippen molar-refractivity contribution in [3.8, 4) is 5.75 Å². The second-order valence-electron chi connectivity index (χ2n) is 4.90. The highest BCUT2D eigenvalue weighted by Gasteiger charge is 2.12. The summed E-state index contributed by atoms with van der Waals surface area (Å²) in [5.74, 6) is 0.515. The van der Waals surface area contributed by atoms with E-state index in [1.165, 1.54) is 0 Å². The third kappa shape index (κ3) is 5.05. The Balaban J connectivity index is 2.59. The Hall–Kier alpha value is -1.81. The number of amides is 1. The van der Waals surface area contributed by atoms with Crippen molar-refractivity contribution in [2.75, 3.05) is 19.7 Å². The van der Waals surface area contributed by atoms with Crippen LogP contribution in [0.5, 0.6) is 5.75 Å².